The van der Waals surface area contributed by atoms with Gasteiger partial charge in [-0.25, -0.2) is 13.1 Å². The predicted octanol–water partition coefficient (Wildman–Crippen LogP) is 2.78. The van der Waals surface area contributed by atoms with E-state index in [4.69, 9.17) is 16.9 Å². The Morgan fingerprint density at radius 2 is 2.30 bits per heavy atom. The lowest BCUT2D eigenvalue weighted by Crippen LogP contribution is -2.36. The third kappa shape index (κ3) is 3.47. The van der Waals surface area contributed by atoms with E-state index in [2.05, 4.69) is 11.6 Å². The molecule has 0 bridgehead atoms. The molecular formula is C13H15ClN2O2S2. The van der Waals surface area contributed by atoms with Crippen molar-refractivity contribution in [2.24, 2.45) is 0 Å². The third-order valence-electron chi connectivity index (χ3n) is 3.29. The van der Waals surface area contributed by atoms with Crippen LogP contribution in [-0.4, -0.2) is 25.5 Å². The predicted molar refractivity (Wildman–Crippen MR) is 81.5 cm³/mol. The molecule has 1 aliphatic rings. The molecule has 0 radical (unpaired) electrons. The smallest absolute Gasteiger partial charge is 0.210 e. The van der Waals surface area contributed by atoms with Gasteiger partial charge in [-0.15, -0.1) is 0 Å². The summed E-state index contributed by atoms with van der Waals surface area (Å²) in [5, 5.41) is 8.98. The summed E-state index contributed by atoms with van der Waals surface area (Å²) < 4.78 is 27.2. The van der Waals surface area contributed by atoms with Crippen molar-refractivity contribution in [3.05, 3.63) is 28.8 Å². The number of nitrogens with one attached hydrogen (secondary N) is 1. The van der Waals surface area contributed by atoms with Crippen LogP contribution in [0.5, 0.6) is 0 Å². The first-order valence-corrected chi connectivity index (χ1v) is 9.04. The summed E-state index contributed by atoms with van der Waals surface area (Å²) in [5.74, 6) is 1.06. The maximum absolute atomic E-state index is 12.3. The lowest BCUT2D eigenvalue weighted by molar-refractivity contribution is 0.552. The first kappa shape index (κ1) is 15.6. The SMILES string of the molecule is CC1(CNS(=O)(=O)c2cc(C#N)ccc2Cl)CCCS1. The number of halogens is 1. The van der Waals surface area contributed by atoms with Crippen LogP contribution in [0.15, 0.2) is 23.1 Å². The summed E-state index contributed by atoms with van der Waals surface area (Å²) in [7, 11) is -3.70. The molecule has 1 fully saturated rings. The Kier molecular flexibility index (Phi) is 4.65. The molecule has 1 aromatic carbocycles. The van der Waals surface area contributed by atoms with Crippen LogP contribution in [0.4, 0.5) is 0 Å². The molecular weight excluding hydrogens is 316 g/mol. The zero-order valence-electron chi connectivity index (χ0n) is 11.0. The van der Waals surface area contributed by atoms with Gasteiger partial charge in [0.1, 0.15) is 4.90 Å². The second-order valence-corrected chi connectivity index (χ2v) is 8.81. The lowest BCUT2D eigenvalue weighted by atomic mass is 10.1. The molecule has 4 nitrogen and oxygen atoms in total. The zero-order chi connectivity index (χ0) is 14.8. The van der Waals surface area contributed by atoms with Crippen LogP contribution in [0.3, 0.4) is 0 Å². The van der Waals surface area contributed by atoms with E-state index in [9.17, 15) is 8.42 Å². The minimum Gasteiger partial charge on any atom is -0.210 e. The zero-order valence-corrected chi connectivity index (χ0v) is 13.4. The molecule has 1 aliphatic heterocycles. The molecule has 1 aromatic rings. The second kappa shape index (κ2) is 5.94. The van der Waals surface area contributed by atoms with Gasteiger partial charge >= 0.3 is 0 Å². The third-order valence-corrected chi connectivity index (χ3v) is 6.71. The minimum absolute atomic E-state index is 0.0372. The van der Waals surface area contributed by atoms with Crippen molar-refractivity contribution in [2.75, 3.05) is 12.3 Å². The molecule has 0 saturated carbocycles. The van der Waals surface area contributed by atoms with Gasteiger partial charge in [0, 0.05) is 11.3 Å². The van der Waals surface area contributed by atoms with Crippen LogP contribution in [0.25, 0.3) is 0 Å². The molecule has 20 heavy (non-hydrogen) atoms. The number of hydrogen-bond acceptors (Lipinski definition) is 4. The first-order valence-electron chi connectivity index (χ1n) is 6.20. The standard InChI is InChI=1S/C13H15ClN2O2S2/c1-13(5-2-6-19-13)9-16-20(17,18)12-7-10(8-15)3-4-11(12)14/h3-4,7,16H,2,5-6,9H2,1H3. The summed E-state index contributed by atoms with van der Waals surface area (Å²) in [6.07, 6.45) is 2.10. The van der Waals surface area contributed by atoms with Gasteiger partial charge < -0.3 is 0 Å². The Morgan fingerprint density at radius 1 is 1.55 bits per heavy atom. The molecule has 0 aromatic heterocycles. The van der Waals surface area contributed by atoms with Crippen LogP contribution >= 0.6 is 23.4 Å². The Balaban J connectivity index is 2.20. The maximum atomic E-state index is 12.3. The molecule has 0 spiro atoms. The van der Waals surface area contributed by atoms with E-state index < -0.39 is 10.0 Å². The lowest BCUT2D eigenvalue weighted by Gasteiger charge is -2.23. The Hall–Kier alpha value is -0.740. The van der Waals surface area contributed by atoms with Gasteiger partial charge in [0.15, 0.2) is 0 Å². The van der Waals surface area contributed by atoms with E-state index in [0.29, 0.717) is 6.54 Å². The molecule has 1 unspecified atom stereocenters. The summed E-state index contributed by atoms with van der Waals surface area (Å²) >= 11 is 7.71. The van der Waals surface area contributed by atoms with E-state index in [1.54, 1.807) is 11.8 Å². The molecule has 1 N–H and O–H groups in total. The fraction of sp³-hybridized carbons (Fsp3) is 0.462. The van der Waals surface area contributed by atoms with Crippen molar-refractivity contribution in [3.63, 3.8) is 0 Å². The Morgan fingerprint density at radius 3 is 2.90 bits per heavy atom. The molecule has 108 valence electrons. The Bertz CT molecular complexity index is 647. The van der Waals surface area contributed by atoms with Gasteiger partial charge in [-0.2, -0.15) is 17.0 Å². The minimum atomic E-state index is -3.70. The normalized spacial score (nSPS) is 22.6. The van der Waals surface area contributed by atoms with Gasteiger partial charge in [-0.1, -0.05) is 11.6 Å². The van der Waals surface area contributed by atoms with Crippen molar-refractivity contribution < 1.29 is 8.42 Å². The number of thioether (sulfide) groups is 1. The molecule has 0 aliphatic carbocycles. The highest BCUT2D eigenvalue weighted by molar-refractivity contribution is 8.01. The second-order valence-electron chi connectivity index (χ2n) is 4.98. The summed E-state index contributed by atoms with van der Waals surface area (Å²) in [6, 6.07) is 6.14. The average Bonchev–Trinajstić information content (AvgIpc) is 2.85. The maximum Gasteiger partial charge on any atom is 0.242 e. The largest absolute Gasteiger partial charge is 0.242 e. The van der Waals surface area contributed by atoms with E-state index in [0.717, 1.165) is 18.6 Å². The van der Waals surface area contributed by atoms with Crippen molar-refractivity contribution >= 4 is 33.4 Å². The number of nitriles is 1. The van der Waals surface area contributed by atoms with E-state index in [1.165, 1.54) is 18.2 Å². The molecule has 1 atom stereocenters. The fourth-order valence-corrected chi connectivity index (χ4v) is 5.11. The van der Waals surface area contributed by atoms with Crippen LogP contribution in [-0.2, 0) is 10.0 Å². The highest BCUT2D eigenvalue weighted by atomic mass is 35.5. The van der Waals surface area contributed by atoms with Crippen LogP contribution < -0.4 is 4.72 Å². The van der Waals surface area contributed by atoms with Crippen molar-refractivity contribution in [1.82, 2.24) is 4.72 Å². The number of hydrogen-bond donors (Lipinski definition) is 1. The van der Waals surface area contributed by atoms with Crippen LogP contribution in [0.1, 0.15) is 25.3 Å². The molecule has 1 saturated heterocycles. The number of rotatable bonds is 4. The molecule has 2 rings (SSSR count). The number of sulfonamides is 1. The van der Waals surface area contributed by atoms with Gasteiger partial charge in [0.2, 0.25) is 10.0 Å². The highest BCUT2D eigenvalue weighted by Crippen LogP contribution is 2.37. The summed E-state index contributed by atoms with van der Waals surface area (Å²) in [6.45, 7) is 2.42. The van der Waals surface area contributed by atoms with Crippen LogP contribution in [0, 0.1) is 11.3 Å². The highest BCUT2D eigenvalue weighted by Gasteiger charge is 2.31. The van der Waals surface area contributed by atoms with Gasteiger partial charge in [-0.05, 0) is 43.7 Å². The molecule has 0 amide bonds. The van der Waals surface area contributed by atoms with Crippen molar-refractivity contribution in [2.45, 2.75) is 29.4 Å². The van der Waals surface area contributed by atoms with Gasteiger partial charge in [0.05, 0.1) is 16.7 Å². The van der Waals surface area contributed by atoms with E-state index >= 15 is 0 Å². The van der Waals surface area contributed by atoms with Crippen LogP contribution in [0.2, 0.25) is 5.02 Å². The summed E-state index contributed by atoms with van der Waals surface area (Å²) in [5.41, 5.74) is 0.274. The van der Waals surface area contributed by atoms with Crippen molar-refractivity contribution in [1.29, 1.82) is 5.26 Å². The fourth-order valence-electron chi connectivity index (χ4n) is 2.08. The topological polar surface area (TPSA) is 70.0 Å². The van der Waals surface area contributed by atoms with Gasteiger partial charge in [-0.3, -0.25) is 0 Å². The number of benzene rings is 1. The van der Waals surface area contributed by atoms with Gasteiger partial charge in [0.25, 0.3) is 0 Å². The van der Waals surface area contributed by atoms with Crippen molar-refractivity contribution in [3.8, 4) is 6.07 Å². The number of nitrogens with zero attached hydrogens (tertiary/aromatic N) is 1. The quantitative estimate of drug-likeness (QED) is 0.921. The summed E-state index contributed by atoms with van der Waals surface area (Å²) in [4.78, 5) is -0.0372. The first-order chi connectivity index (χ1) is 9.36. The average molecular weight is 331 g/mol. The Labute approximate surface area is 128 Å². The molecule has 1 heterocycles. The van der Waals surface area contributed by atoms with E-state index in [-0.39, 0.29) is 20.2 Å². The molecule has 7 heteroatoms. The monoisotopic (exact) mass is 330 g/mol. The van der Waals surface area contributed by atoms with E-state index in [1.807, 2.05) is 6.07 Å².